The molecule has 2 aromatic rings. The minimum Gasteiger partial charge on any atom is -0.496 e. The summed E-state index contributed by atoms with van der Waals surface area (Å²) in [5.74, 6) is 2.31. The van der Waals surface area contributed by atoms with Crippen LogP contribution < -0.4 is 9.46 Å². The minimum absolute atomic E-state index is 0.315. The predicted molar refractivity (Wildman–Crippen MR) is 105 cm³/mol. The highest BCUT2D eigenvalue weighted by molar-refractivity contribution is 7.98. The molecule has 0 radical (unpaired) electrons. The zero-order valence-corrected chi connectivity index (χ0v) is 16.8. The Morgan fingerprint density at radius 2 is 1.76 bits per heavy atom. The van der Waals surface area contributed by atoms with E-state index in [-0.39, 0.29) is 0 Å². The van der Waals surface area contributed by atoms with Crippen molar-refractivity contribution in [2.75, 3.05) is 19.4 Å². The number of nitrogens with one attached hydrogen (secondary N) is 1. The highest BCUT2D eigenvalue weighted by atomic mass is 32.2. The van der Waals surface area contributed by atoms with Gasteiger partial charge >= 0.3 is 0 Å². The Bertz CT molecular complexity index is 833. The second-order valence-corrected chi connectivity index (χ2v) is 8.80. The fraction of sp³-hybridized carbons (Fsp3) is 0.368. The number of rotatable bonds is 8. The van der Waals surface area contributed by atoms with Crippen molar-refractivity contribution in [2.24, 2.45) is 0 Å². The molecule has 0 unspecified atom stereocenters. The Morgan fingerprint density at radius 3 is 2.44 bits per heavy atom. The third-order valence-corrected chi connectivity index (χ3v) is 6.65. The van der Waals surface area contributed by atoms with E-state index in [0.717, 1.165) is 17.1 Å². The molecule has 0 bridgehead atoms. The molecule has 0 aromatic heterocycles. The van der Waals surface area contributed by atoms with E-state index in [2.05, 4.69) is 23.8 Å². The fourth-order valence-electron chi connectivity index (χ4n) is 2.55. The SMILES string of the molecule is COc1cc(C)c(S(=O)(=O)NCCSCc2ccccc2C)cc1C. The lowest BCUT2D eigenvalue weighted by molar-refractivity contribution is 0.411. The standard InChI is InChI=1S/C19H25NO3S2/c1-14-7-5-6-8-17(14)13-24-10-9-20-25(21,22)19-12-15(2)18(23-4)11-16(19)3/h5-8,11-12,20H,9-10,13H2,1-4H3. The van der Waals surface area contributed by atoms with Crippen molar-refractivity contribution in [2.45, 2.75) is 31.4 Å². The minimum atomic E-state index is -3.51. The van der Waals surface area contributed by atoms with Crippen LogP contribution in [0.25, 0.3) is 0 Å². The quantitative estimate of drug-likeness (QED) is 0.708. The van der Waals surface area contributed by atoms with Crippen LogP contribution in [0.2, 0.25) is 0 Å². The van der Waals surface area contributed by atoms with E-state index in [1.165, 1.54) is 11.1 Å². The smallest absolute Gasteiger partial charge is 0.240 e. The van der Waals surface area contributed by atoms with Gasteiger partial charge in [0.25, 0.3) is 0 Å². The van der Waals surface area contributed by atoms with E-state index in [0.29, 0.717) is 22.8 Å². The predicted octanol–water partition coefficient (Wildman–Crippen LogP) is 3.83. The molecule has 1 N–H and O–H groups in total. The number of sulfonamides is 1. The molecule has 0 saturated carbocycles. The van der Waals surface area contributed by atoms with Crippen LogP contribution in [0.15, 0.2) is 41.3 Å². The number of aryl methyl sites for hydroxylation is 3. The second kappa shape index (κ2) is 8.74. The summed E-state index contributed by atoms with van der Waals surface area (Å²) in [7, 11) is -1.93. The molecule has 0 aliphatic heterocycles. The number of methoxy groups -OCH3 is 1. The van der Waals surface area contributed by atoms with E-state index in [1.54, 1.807) is 37.9 Å². The van der Waals surface area contributed by atoms with Gasteiger partial charge in [-0.15, -0.1) is 0 Å². The highest BCUT2D eigenvalue weighted by Crippen LogP contribution is 2.25. The first kappa shape index (κ1) is 19.8. The molecule has 4 nitrogen and oxygen atoms in total. The number of thioether (sulfide) groups is 1. The monoisotopic (exact) mass is 379 g/mol. The second-order valence-electron chi connectivity index (χ2n) is 5.96. The Labute approximate surface area is 155 Å². The van der Waals surface area contributed by atoms with Crippen LogP contribution in [0.1, 0.15) is 22.3 Å². The van der Waals surface area contributed by atoms with Gasteiger partial charge < -0.3 is 4.74 Å². The van der Waals surface area contributed by atoms with Gasteiger partial charge in [-0.2, -0.15) is 11.8 Å². The summed E-state index contributed by atoms with van der Waals surface area (Å²) < 4.78 is 33.0. The summed E-state index contributed by atoms with van der Waals surface area (Å²) in [6.07, 6.45) is 0. The van der Waals surface area contributed by atoms with E-state index in [9.17, 15) is 8.42 Å². The van der Waals surface area contributed by atoms with Crippen LogP contribution in [-0.4, -0.2) is 27.8 Å². The first-order chi connectivity index (χ1) is 11.8. The lowest BCUT2D eigenvalue weighted by atomic mass is 10.1. The van der Waals surface area contributed by atoms with E-state index in [1.807, 2.05) is 19.1 Å². The first-order valence-corrected chi connectivity index (χ1v) is 10.8. The van der Waals surface area contributed by atoms with Gasteiger partial charge in [0.05, 0.1) is 12.0 Å². The van der Waals surface area contributed by atoms with Crippen LogP contribution in [0.5, 0.6) is 5.75 Å². The zero-order chi connectivity index (χ0) is 18.4. The Morgan fingerprint density at radius 1 is 1.04 bits per heavy atom. The molecule has 6 heteroatoms. The number of hydrogen-bond acceptors (Lipinski definition) is 4. The van der Waals surface area contributed by atoms with Crippen molar-refractivity contribution in [3.63, 3.8) is 0 Å². The molecule has 0 saturated heterocycles. The van der Waals surface area contributed by atoms with Crippen molar-refractivity contribution < 1.29 is 13.2 Å². The third-order valence-electron chi connectivity index (χ3n) is 4.04. The molecular formula is C19H25NO3S2. The van der Waals surface area contributed by atoms with E-state index < -0.39 is 10.0 Å². The molecule has 0 aliphatic carbocycles. The number of benzene rings is 2. The van der Waals surface area contributed by atoms with Gasteiger partial charge in [-0.05, 0) is 55.2 Å². The molecule has 0 fully saturated rings. The van der Waals surface area contributed by atoms with Crippen molar-refractivity contribution in [3.05, 3.63) is 58.7 Å². The number of ether oxygens (including phenoxy) is 1. The topological polar surface area (TPSA) is 55.4 Å². The molecule has 2 aromatic carbocycles. The summed E-state index contributed by atoms with van der Waals surface area (Å²) in [6.45, 7) is 6.12. The van der Waals surface area contributed by atoms with E-state index >= 15 is 0 Å². The summed E-state index contributed by atoms with van der Waals surface area (Å²) in [5, 5.41) is 0. The molecule has 25 heavy (non-hydrogen) atoms. The average Bonchev–Trinajstić information content (AvgIpc) is 2.57. The summed E-state index contributed by atoms with van der Waals surface area (Å²) in [6, 6.07) is 11.7. The summed E-state index contributed by atoms with van der Waals surface area (Å²) in [5.41, 5.74) is 4.04. The van der Waals surface area contributed by atoms with Crippen LogP contribution >= 0.6 is 11.8 Å². The van der Waals surface area contributed by atoms with Gasteiger partial charge in [0.15, 0.2) is 0 Å². The van der Waals surface area contributed by atoms with E-state index in [4.69, 9.17) is 4.74 Å². The van der Waals surface area contributed by atoms with Crippen molar-refractivity contribution in [1.29, 1.82) is 0 Å². The molecule has 136 valence electrons. The summed E-state index contributed by atoms with van der Waals surface area (Å²) in [4.78, 5) is 0.315. The maximum atomic E-state index is 12.5. The van der Waals surface area contributed by atoms with Gasteiger partial charge in [-0.25, -0.2) is 13.1 Å². The average molecular weight is 380 g/mol. The molecule has 0 aliphatic rings. The lowest BCUT2D eigenvalue weighted by Crippen LogP contribution is -2.26. The first-order valence-electron chi connectivity index (χ1n) is 8.12. The number of hydrogen-bond donors (Lipinski definition) is 1. The van der Waals surface area contributed by atoms with Gasteiger partial charge in [0.1, 0.15) is 5.75 Å². The van der Waals surface area contributed by atoms with Crippen LogP contribution in [-0.2, 0) is 15.8 Å². The van der Waals surface area contributed by atoms with Crippen LogP contribution in [0.3, 0.4) is 0 Å². The largest absolute Gasteiger partial charge is 0.496 e. The third kappa shape index (κ3) is 5.23. The van der Waals surface area contributed by atoms with Crippen LogP contribution in [0.4, 0.5) is 0 Å². The van der Waals surface area contributed by atoms with Crippen LogP contribution in [0, 0.1) is 20.8 Å². The maximum absolute atomic E-state index is 12.5. The fourth-order valence-corrected chi connectivity index (χ4v) is 4.96. The Kier molecular flexibility index (Phi) is 6.93. The molecule has 0 amide bonds. The van der Waals surface area contributed by atoms with Crippen molar-refractivity contribution in [3.8, 4) is 5.75 Å². The molecule has 0 heterocycles. The maximum Gasteiger partial charge on any atom is 0.240 e. The molecular weight excluding hydrogens is 354 g/mol. The zero-order valence-electron chi connectivity index (χ0n) is 15.1. The Balaban J connectivity index is 1.92. The molecule has 0 atom stereocenters. The summed E-state index contributed by atoms with van der Waals surface area (Å²) >= 11 is 1.72. The van der Waals surface area contributed by atoms with Gasteiger partial charge in [-0.3, -0.25) is 0 Å². The van der Waals surface area contributed by atoms with Crippen molar-refractivity contribution >= 4 is 21.8 Å². The van der Waals surface area contributed by atoms with Crippen molar-refractivity contribution in [1.82, 2.24) is 4.72 Å². The van der Waals surface area contributed by atoms with Gasteiger partial charge in [-0.1, -0.05) is 24.3 Å². The molecule has 0 spiro atoms. The Hall–Kier alpha value is -1.50. The normalized spacial score (nSPS) is 11.5. The lowest BCUT2D eigenvalue weighted by Gasteiger charge is -2.13. The van der Waals surface area contributed by atoms with Gasteiger partial charge in [0, 0.05) is 18.1 Å². The molecule has 2 rings (SSSR count). The highest BCUT2D eigenvalue weighted by Gasteiger charge is 2.18. The van der Waals surface area contributed by atoms with Gasteiger partial charge in [0.2, 0.25) is 10.0 Å².